The fourth-order valence-electron chi connectivity index (χ4n) is 2.52. The first-order chi connectivity index (χ1) is 13.5. The smallest absolute Gasteiger partial charge is 0.331 e. The van der Waals surface area contributed by atoms with Crippen molar-refractivity contribution in [2.75, 3.05) is 26.9 Å². The van der Waals surface area contributed by atoms with Crippen molar-refractivity contribution in [1.82, 2.24) is 0 Å². The van der Waals surface area contributed by atoms with Gasteiger partial charge in [0, 0.05) is 10.5 Å². The molecular weight excluding hydrogens is 452 g/mol. The van der Waals surface area contributed by atoms with Gasteiger partial charge in [0.2, 0.25) is 0 Å². The fraction of sp³-hybridized carbons (Fsp3) is 0.200. The van der Waals surface area contributed by atoms with Gasteiger partial charge in [0.05, 0.1) is 29.7 Å². The van der Waals surface area contributed by atoms with E-state index in [1.807, 2.05) is 6.07 Å². The Morgan fingerprint density at radius 2 is 2.00 bits per heavy atom. The number of hydrogen-bond donors (Lipinski definition) is 0. The van der Waals surface area contributed by atoms with E-state index in [9.17, 15) is 9.59 Å². The van der Waals surface area contributed by atoms with E-state index in [1.54, 1.807) is 30.3 Å². The summed E-state index contributed by atoms with van der Waals surface area (Å²) in [5, 5.41) is 0.763. The molecule has 0 amide bonds. The van der Waals surface area contributed by atoms with Crippen molar-refractivity contribution in [2.24, 2.45) is 0 Å². The SMILES string of the molecule is COC(=O)COCCOc1cc(Br)ccc1-c1cc(=O)c2cccc(Cl)c2o1. The highest BCUT2D eigenvalue weighted by atomic mass is 79.9. The third kappa shape index (κ3) is 4.73. The Hall–Kier alpha value is -2.35. The summed E-state index contributed by atoms with van der Waals surface area (Å²) in [4.78, 5) is 23.5. The number of ether oxygens (including phenoxy) is 3. The van der Waals surface area contributed by atoms with Crippen molar-refractivity contribution in [2.45, 2.75) is 0 Å². The van der Waals surface area contributed by atoms with Crippen LogP contribution in [-0.2, 0) is 14.3 Å². The van der Waals surface area contributed by atoms with Gasteiger partial charge < -0.3 is 18.6 Å². The summed E-state index contributed by atoms with van der Waals surface area (Å²) in [6.45, 7) is 0.233. The van der Waals surface area contributed by atoms with Crippen molar-refractivity contribution in [1.29, 1.82) is 0 Å². The Balaban J connectivity index is 1.86. The Bertz CT molecular complexity index is 1060. The molecule has 0 aliphatic rings. The molecule has 3 rings (SSSR count). The molecule has 0 aliphatic carbocycles. The van der Waals surface area contributed by atoms with Gasteiger partial charge in [0.25, 0.3) is 0 Å². The molecule has 0 radical (unpaired) electrons. The lowest BCUT2D eigenvalue weighted by Gasteiger charge is -2.12. The van der Waals surface area contributed by atoms with Gasteiger partial charge in [0.1, 0.15) is 24.7 Å². The van der Waals surface area contributed by atoms with Crippen LogP contribution in [0.4, 0.5) is 0 Å². The number of carbonyl (C=O) groups excluding carboxylic acids is 1. The molecule has 0 N–H and O–H groups in total. The average molecular weight is 468 g/mol. The van der Waals surface area contributed by atoms with E-state index in [4.69, 9.17) is 25.5 Å². The predicted molar refractivity (Wildman–Crippen MR) is 109 cm³/mol. The lowest BCUT2D eigenvalue weighted by molar-refractivity contribution is -0.146. The number of esters is 1. The second kappa shape index (κ2) is 9.23. The lowest BCUT2D eigenvalue weighted by Crippen LogP contribution is -2.14. The highest BCUT2D eigenvalue weighted by Gasteiger charge is 2.14. The summed E-state index contributed by atoms with van der Waals surface area (Å²) < 4.78 is 22.1. The minimum absolute atomic E-state index is 0.150. The number of halogens is 2. The van der Waals surface area contributed by atoms with Gasteiger partial charge in [-0.15, -0.1) is 0 Å². The maximum atomic E-state index is 12.5. The Labute approximate surface area is 174 Å². The second-order valence-electron chi connectivity index (χ2n) is 5.71. The molecule has 0 bridgehead atoms. The Kier molecular flexibility index (Phi) is 6.72. The highest BCUT2D eigenvalue weighted by Crippen LogP contribution is 2.34. The molecule has 0 atom stereocenters. The van der Waals surface area contributed by atoms with Crippen LogP contribution in [-0.4, -0.2) is 32.9 Å². The number of rotatable bonds is 7. The summed E-state index contributed by atoms with van der Waals surface area (Å²) in [6.07, 6.45) is 0. The summed E-state index contributed by atoms with van der Waals surface area (Å²) in [5.41, 5.74) is 0.714. The first-order valence-electron chi connectivity index (χ1n) is 8.29. The van der Waals surface area contributed by atoms with Crippen LogP contribution in [0.5, 0.6) is 5.75 Å². The molecular formula is C20H16BrClO6. The normalized spacial score (nSPS) is 10.8. The second-order valence-corrected chi connectivity index (χ2v) is 7.03. The molecule has 1 heterocycles. The highest BCUT2D eigenvalue weighted by molar-refractivity contribution is 9.10. The zero-order valence-corrected chi connectivity index (χ0v) is 17.2. The maximum absolute atomic E-state index is 12.5. The van der Waals surface area contributed by atoms with Crippen molar-refractivity contribution >= 4 is 44.5 Å². The maximum Gasteiger partial charge on any atom is 0.331 e. The molecule has 146 valence electrons. The van der Waals surface area contributed by atoms with E-state index in [0.29, 0.717) is 33.1 Å². The van der Waals surface area contributed by atoms with Gasteiger partial charge in [-0.1, -0.05) is 33.6 Å². The molecule has 0 unspecified atom stereocenters. The van der Waals surface area contributed by atoms with E-state index in [1.165, 1.54) is 13.2 Å². The van der Waals surface area contributed by atoms with Crippen LogP contribution in [0.1, 0.15) is 0 Å². The van der Waals surface area contributed by atoms with Crippen LogP contribution in [0.3, 0.4) is 0 Å². The number of carbonyl (C=O) groups is 1. The molecule has 0 spiro atoms. The molecule has 6 nitrogen and oxygen atoms in total. The standard InChI is InChI=1S/C20H16BrClO6/c1-25-19(24)11-26-7-8-27-17-9-12(21)5-6-14(17)18-10-16(23)13-3-2-4-15(22)20(13)28-18/h2-6,9-10H,7-8,11H2,1H3. The zero-order chi connectivity index (χ0) is 20.1. The number of fused-ring (bicyclic) bond motifs is 1. The van der Waals surface area contributed by atoms with E-state index < -0.39 is 5.97 Å². The van der Waals surface area contributed by atoms with Gasteiger partial charge in [-0.05, 0) is 30.3 Å². The van der Waals surface area contributed by atoms with Crippen LogP contribution in [0, 0.1) is 0 Å². The van der Waals surface area contributed by atoms with Gasteiger partial charge in [-0.25, -0.2) is 4.79 Å². The van der Waals surface area contributed by atoms with Crippen molar-refractivity contribution < 1.29 is 23.4 Å². The molecule has 0 saturated heterocycles. The number of benzene rings is 2. The van der Waals surface area contributed by atoms with Gasteiger partial charge in [-0.2, -0.15) is 0 Å². The number of para-hydroxylation sites is 1. The zero-order valence-electron chi connectivity index (χ0n) is 14.9. The molecule has 3 aromatic rings. The Morgan fingerprint density at radius 1 is 1.18 bits per heavy atom. The van der Waals surface area contributed by atoms with E-state index in [2.05, 4.69) is 20.7 Å². The minimum atomic E-state index is -0.460. The first-order valence-corrected chi connectivity index (χ1v) is 9.46. The van der Waals surface area contributed by atoms with Crippen molar-refractivity contribution in [3.05, 3.63) is 62.2 Å². The number of methoxy groups -OCH3 is 1. The van der Waals surface area contributed by atoms with Gasteiger partial charge in [0.15, 0.2) is 11.0 Å². The van der Waals surface area contributed by atoms with Crippen LogP contribution < -0.4 is 10.2 Å². The molecule has 0 saturated carbocycles. The third-order valence-electron chi connectivity index (χ3n) is 3.85. The quantitative estimate of drug-likeness (QED) is 0.378. The van der Waals surface area contributed by atoms with E-state index in [0.717, 1.165) is 4.47 Å². The summed E-state index contributed by atoms with van der Waals surface area (Å²) in [7, 11) is 1.29. The number of hydrogen-bond acceptors (Lipinski definition) is 6. The summed E-state index contributed by atoms with van der Waals surface area (Å²) in [6, 6.07) is 11.8. The van der Waals surface area contributed by atoms with Gasteiger partial charge >= 0.3 is 5.97 Å². The van der Waals surface area contributed by atoms with Crippen LogP contribution in [0.2, 0.25) is 5.02 Å². The Morgan fingerprint density at radius 3 is 2.79 bits per heavy atom. The van der Waals surface area contributed by atoms with Crippen LogP contribution in [0.15, 0.2) is 56.1 Å². The summed E-state index contributed by atoms with van der Waals surface area (Å²) in [5.74, 6) is 0.368. The molecule has 28 heavy (non-hydrogen) atoms. The average Bonchev–Trinajstić information content (AvgIpc) is 2.68. The van der Waals surface area contributed by atoms with Crippen LogP contribution >= 0.6 is 27.5 Å². The largest absolute Gasteiger partial charge is 0.490 e. The lowest BCUT2D eigenvalue weighted by atomic mass is 10.1. The van der Waals surface area contributed by atoms with E-state index >= 15 is 0 Å². The first kappa shape index (κ1) is 20.4. The van der Waals surface area contributed by atoms with Crippen molar-refractivity contribution in [3.63, 3.8) is 0 Å². The van der Waals surface area contributed by atoms with E-state index in [-0.39, 0.29) is 25.2 Å². The predicted octanol–water partition coefficient (Wildman–Crippen LogP) is 4.44. The molecule has 2 aromatic carbocycles. The molecule has 1 aromatic heterocycles. The molecule has 0 fully saturated rings. The topological polar surface area (TPSA) is 75.0 Å². The fourth-order valence-corrected chi connectivity index (χ4v) is 3.07. The molecule has 8 heteroatoms. The monoisotopic (exact) mass is 466 g/mol. The third-order valence-corrected chi connectivity index (χ3v) is 4.64. The van der Waals surface area contributed by atoms with Crippen molar-refractivity contribution in [3.8, 4) is 17.1 Å². The summed E-state index contributed by atoms with van der Waals surface area (Å²) >= 11 is 9.58. The van der Waals surface area contributed by atoms with Gasteiger partial charge in [-0.3, -0.25) is 4.79 Å². The minimum Gasteiger partial charge on any atom is -0.490 e. The van der Waals surface area contributed by atoms with Crippen LogP contribution in [0.25, 0.3) is 22.3 Å². The molecule has 0 aliphatic heterocycles.